The van der Waals surface area contributed by atoms with E-state index in [0.717, 1.165) is 49.9 Å². The Labute approximate surface area is 137 Å². The van der Waals surface area contributed by atoms with Crippen LogP contribution in [0, 0.1) is 6.92 Å². The lowest BCUT2D eigenvalue weighted by Crippen LogP contribution is -2.53. The molecule has 1 aromatic rings. The third-order valence-corrected chi connectivity index (χ3v) is 4.36. The van der Waals surface area contributed by atoms with E-state index < -0.39 is 0 Å². The average Bonchev–Trinajstić information content (AvgIpc) is 3.10. The molecule has 6 heteroatoms. The summed E-state index contributed by atoms with van der Waals surface area (Å²) in [5.74, 6) is 0.902. The van der Waals surface area contributed by atoms with Crippen LogP contribution in [0.5, 0.6) is 0 Å². The van der Waals surface area contributed by atoms with Crippen molar-refractivity contribution in [2.24, 2.45) is 4.99 Å². The van der Waals surface area contributed by atoms with Gasteiger partial charge in [-0.05, 0) is 31.9 Å². The van der Waals surface area contributed by atoms with Crippen LogP contribution in [0.3, 0.4) is 0 Å². The van der Waals surface area contributed by atoms with Crippen LogP contribution in [-0.4, -0.2) is 61.4 Å². The minimum absolute atomic E-state index is 0.141. The first-order chi connectivity index (χ1) is 11.3. The molecule has 2 aliphatic rings. The Balaban J connectivity index is 1.57. The standard InChI is InChI=1S/C17H26N4O2/c1-13-5-3-6-14(20-13)11-19-17(18-2)21-8-10-23-16(12-21)15-7-4-9-22-15/h3,5-6,15-16H,4,7-12H2,1-2H3,(H,18,19). The summed E-state index contributed by atoms with van der Waals surface area (Å²) >= 11 is 0. The van der Waals surface area contributed by atoms with Crippen LogP contribution in [0.2, 0.25) is 0 Å². The fourth-order valence-electron chi connectivity index (χ4n) is 3.19. The molecular weight excluding hydrogens is 292 g/mol. The summed E-state index contributed by atoms with van der Waals surface area (Å²) in [5, 5.41) is 3.41. The molecule has 2 aliphatic heterocycles. The molecule has 3 rings (SSSR count). The quantitative estimate of drug-likeness (QED) is 0.673. The van der Waals surface area contributed by atoms with Crippen LogP contribution in [-0.2, 0) is 16.0 Å². The summed E-state index contributed by atoms with van der Waals surface area (Å²) in [7, 11) is 1.82. The molecule has 2 fully saturated rings. The van der Waals surface area contributed by atoms with E-state index in [1.807, 2.05) is 32.2 Å². The predicted octanol–water partition coefficient (Wildman–Crippen LogP) is 1.35. The van der Waals surface area contributed by atoms with Crippen molar-refractivity contribution in [1.29, 1.82) is 0 Å². The molecule has 0 spiro atoms. The van der Waals surface area contributed by atoms with Crippen molar-refractivity contribution in [1.82, 2.24) is 15.2 Å². The monoisotopic (exact) mass is 318 g/mol. The number of aryl methyl sites for hydroxylation is 1. The number of nitrogens with one attached hydrogen (secondary N) is 1. The van der Waals surface area contributed by atoms with Crippen LogP contribution >= 0.6 is 0 Å². The third-order valence-electron chi connectivity index (χ3n) is 4.36. The molecule has 0 aromatic carbocycles. The number of guanidine groups is 1. The maximum absolute atomic E-state index is 5.90. The zero-order valence-corrected chi connectivity index (χ0v) is 14.0. The van der Waals surface area contributed by atoms with Gasteiger partial charge < -0.3 is 19.7 Å². The second kappa shape index (κ2) is 7.75. The summed E-state index contributed by atoms with van der Waals surface area (Å²) in [6, 6.07) is 6.07. The van der Waals surface area contributed by atoms with Gasteiger partial charge in [-0.15, -0.1) is 0 Å². The first-order valence-electron chi connectivity index (χ1n) is 8.37. The van der Waals surface area contributed by atoms with Crippen molar-refractivity contribution in [3.63, 3.8) is 0 Å². The Morgan fingerprint density at radius 1 is 1.35 bits per heavy atom. The van der Waals surface area contributed by atoms with Crippen LogP contribution in [0.1, 0.15) is 24.2 Å². The Hall–Kier alpha value is -1.66. The van der Waals surface area contributed by atoms with Crippen LogP contribution in [0.15, 0.2) is 23.2 Å². The maximum atomic E-state index is 5.90. The lowest BCUT2D eigenvalue weighted by Gasteiger charge is -2.37. The summed E-state index contributed by atoms with van der Waals surface area (Å²) in [5.41, 5.74) is 2.05. The van der Waals surface area contributed by atoms with E-state index in [9.17, 15) is 0 Å². The lowest BCUT2D eigenvalue weighted by atomic mass is 10.1. The third kappa shape index (κ3) is 4.20. The van der Waals surface area contributed by atoms with Crippen molar-refractivity contribution < 1.29 is 9.47 Å². The highest BCUT2D eigenvalue weighted by Crippen LogP contribution is 2.21. The smallest absolute Gasteiger partial charge is 0.194 e. The lowest BCUT2D eigenvalue weighted by molar-refractivity contribution is -0.0817. The van der Waals surface area contributed by atoms with E-state index in [0.29, 0.717) is 13.2 Å². The average molecular weight is 318 g/mol. The van der Waals surface area contributed by atoms with Gasteiger partial charge in [-0.25, -0.2) is 0 Å². The van der Waals surface area contributed by atoms with Gasteiger partial charge in [0.05, 0.1) is 24.9 Å². The Bertz CT molecular complexity index is 543. The predicted molar refractivity (Wildman–Crippen MR) is 89.5 cm³/mol. The molecule has 1 N–H and O–H groups in total. The number of hydrogen-bond acceptors (Lipinski definition) is 4. The zero-order chi connectivity index (χ0) is 16.1. The topological polar surface area (TPSA) is 59.0 Å². The van der Waals surface area contributed by atoms with E-state index in [4.69, 9.17) is 9.47 Å². The number of rotatable bonds is 3. The number of aromatic nitrogens is 1. The highest BCUT2D eigenvalue weighted by atomic mass is 16.5. The van der Waals surface area contributed by atoms with Gasteiger partial charge >= 0.3 is 0 Å². The summed E-state index contributed by atoms with van der Waals surface area (Å²) in [6.07, 6.45) is 2.60. The van der Waals surface area contributed by atoms with Crippen molar-refractivity contribution >= 4 is 5.96 Å². The van der Waals surface area contributed by atoms with Crippen molar-refractivity contribution in [3.05, 3.63) is 29.6 Å². The molecule has 2 unspecified atom stereocenters. The SMILES string of the molecule is CN=C(NCc1cccc(C)n1)N1CCOC(C2CCCO2)C1. The zero-order valence-electron chi connectivity index (χ0n) is 14.0. The van der Waals surface area contributed by atoms with Crippen molar-refractivity contribution in [2.45, 2.75) is 38.5 Å². The van der Waals surface area contributed by atoms with E-state index in [2.05, 4.69) is 20.2 Å². The largest absolute Gasteiger partial charge is 0.375 e. The second-order valence-corrected chi connectivity index (χ2v) is 6.08. The van der Waals surface area contributed by atoms with E-state index >= 15 is 0 Å². The van der Waals surface area contributed by atoms with Crippen LogP contribution in [0.25, 0.3) is 0 Å². The van der Waals surface area contributed by atoms with Crippen molar-refractivity contribution in [3.8, 4) is 0 Å². The Kier molecular flexibility index (Phi) is 5.46. The van der Waals surface area contributed by atoms with Gasteiger partial charge in [-0.1, -0.05) is 6.07 Å². The molecule has 2 atom stereocenters. The van der Waals surface area contributed by atoms with E-state index in [-0.39, 0.29) is 12.2 Å². The Morgan fingerprint density at radius 2 is 2.22 bits per heavy atom. The fraction of sp³-hybridized carbons (Fsp3) is 0.647. The number of aliphatic imine (C=N–C) groups is 1. The molecule has 3 heterocycles. The normalized spacial score (nSPS) is 25.7. The number of hydrogen-bond donors (Lipinski definition) is 1. The first kappa shape index (κ1) is 16.2. The van der Waals surface area contributed by atoms with Gasteiger partial charge in [0.15, 0.2) is 5.96 Å². The molecule has 0 bridgehead atoms. The van der Waals surface area contributed by atoms with Gasteiger partial charge in [0, 0.05) is 32.4 Å². The van der Waals surface area contributed by atoms with Crippen LogP contribution in [0.4, 0.5) is 0 Å². The second-order valence-electron chi connectivity index (χ2n) is 6.08. The summed E-state index contributed by atoms with van der Waals surface area (Å²) < 4.78 is 11.7. The molecular formula is C17H26N4O2. The Morgan fingerprint density at radius 3 is 2.96 bits per heavy atom. The van der Waals surface area contributed by atoms with Gasteiger partial charge in [-0.2, -0.15) is 0 Å². The fourth-order valence-corrected chi connectivity index (χ4v) is 3.19. The summed E-state index contributed by atoms with van der Waals surface area (Å²) in [4.78, 5) is 11.2. The molecule has 126 valence electrons. The number of morpholine rings is 1. The minimum Gasteiger partial charge on any atom is -0.375 e. The summed E-state index contributed by atoms with van der Waals surface area (Å²) in [6.45, 7) is 5.93. The molecule has 6 nitrogen and oxygen atoms in total. The van der Waals surface area contributed by atoms with Crippen LogP contribution < -0.4 is 5.32 Å². The van der Waals surface area contributed by atoms with Gasteiger partial charge in [-0.3, -0.25) is 9.98 Å². The molecule has 23 heavy (non-hydrogen) atoms. The minimum atomic E-state index is 0.141. The molecule has 0 amide bonds. The number of ether oxygens (including phenoxy) is 2. The maximum Gasteiger partial charge on any atom is 0.194 e. The highest BCUT2D eigenvalue weighted by molar-refractivity contribution is 5.80. The van der Waals surface area contributed by atoms with E-state index in [1.54, 1.807) is 0 Å². The van der Waals surface area contributed by atoms with E-state index in [1.165, 1.54) is 0 Å². The number of pyridine rings is 1. The molecule has 1 aromatic heterocycles. The van der Waals surface area contributed by atoms with Crippen molar-refractivity contribution in [2.75, 3.05) is 33.4 Å². The number of nitrogens with zero attached hydrogens (tertiary/aromatic N) is 3. The highest BCUT2D eigenvalue weighted by Gasteiger charge is 2.32. The molecule has 0 aliphatic carbocycles. The first-order valence-corrected chi connectivity index (χ1v) is 8.37. The van der Waals surface area contributed by atoms with Gasteiger partial charge in [0.2, 0.25) is 0 Å². The molecule has 2 saturated heterocycles. The molecule has 0 saturated carbocycles. The van der Waals surface area contributed by atoms with Gasteiger partial charge in [0.1, 0.15) is 6.10 Å². The molecule has 0 radical (unpaired) electrons. The van der Waals surface area contributed by atoms with Gasteiger partial charge in [0.25, 0.3) is 0 Å².